The monoisotopic (exact) mass is 368 g/mol. The molecule has 0 aliphatic carbocycles. The van der Waals surface area contributed by atoms with Gasteiger partial charge in [0.1, 0.15) is 5.75 Å². The number of ether oxygens (including phenoxy) is 2. The van der Waals surface area contributed by atoms with Gasteiger partial charge in [-0.05, 0) is 41.2 Å². The molecule has 2 aromatic rings. The van der Waals surface area contributed by atoms with Gasteiger partial charge in [0.05, 0.1) is 6.61 Å². The minimum atomic E-state index is 0.311. The number of nitrogen functional groups attached to an aromatic ring is 1. The van der Waals surface area contributed by atoms with E-state index in [4.69, 9.17) is 15.2 Å². The van der Waals surface area contributed by atoms with Crippen molar-refractivity contribution in [3.8, 4) is 5.75 Å². The first-order chi connectivity index (χ1) is 10.1. The molecule has 0 fully saturated rings. The van der Waals surface area contributed by atoms with Gasteiger partial charge in [0.25, 0.3) is 0 Å². The number of halogens is 1. The number of benzene rings is 1. The van der Waals surface area contributed by atoms with Gasteiger partial charge < -0.3 is 15.2 Å². The van der Waals surface area contributed by atoms with Crippen molar-refractivity contribution in [2.45, 2.75) is 19.7 Å². The Bertz CT molecular complexity index is 645. The van der Waals surface area contributed by atoms with Crippen LogP contribution in [0.25, 0.3) is 0 Å². The molecule has 0 spiro atoms. The van der Waals surface area contributed by atoms with Crippen LogP contribution in [-0.2, 0) is 24.4 Å². The van der Waals surface area contributed by atoms with Gasteiger partial charge in [0.15, 0.2) is 6.79 Å². The van der Waals surface area contributed by atoms with E-state index in [0.717, 1.165) is 40.1 Å². The third kappa shape index (κ3) is 3.58. The van der Waals surface area contributed by atoms with Gasteiger partial charge in [0, 0.05) is 44.6 Å². The fraction of sp³-hybridized carbons (Fsp3) is 0.333. The molecule has 4 nitrogen and oxygen atoms in total. The zero-order valence-electron chi connectivity index (χ0n) is 11.8. The molecule has 0 saturated heterocycles. The molecular weight excluding hydrogens is 352 g/mol. The quantitative estimate of drug-likeness (QED) is 0.837. The Labute approximate surface area is 136 Å². The maximum absolute atomic E-state index is 5.98. The molecule has 1 aromatic carbocycles. The second-order valence-corrected chi connectivity index (χ2v) is 7.09. The van der Waals surface area contributed by atoms with Crippen molar-refractivity contribution in [1.82, 2.24) is 4.90 Å². The molecule has 0 amide bonds. The van der Waals surface area contributed by atoms with Crippen molar-refractivity contribution in [2.75, 3.05) is 19.6 Å². The molecule has 3 rings (SSSR count). The zero-order chi connectivity index (χ0) is 14.8. The highest BCUT2D eigenvalue weighted by Gasteiger charge is 2.17. The number of rotatable bonds is 4. The summed E-state index contributed by atoms with van der Waals surface area (Å²) in [6, 6.07) is 6.07. The molecule has 0 unspecified atom stereocenters. The van der Waals surface area contributed by atoms with Crippen LogP contribution < -0.4 is 10.5 Å². The summed E-state index contributed by atoms with van der Waals surface area (Å²) in [4.78, 5) is 3.58. The minimum Gasteiger partial charge on any atom is -0.467 e. The summed E-state index contributed by atoms with van der Waals surface area (Å²) in [5.74, 6) is 0.926. The van der Waals surface area contributed by atoms with Crippen molar-refractivity contribution in [3.63, 3.8) is 0 Å². The second kappa shape index (κ2) is 6.36. The Kier molecular flexibility index (Phi) is 4.49. The maximum atomic E-state index is 5.98. The molecule has 0 bridgehead atoms. The van der Waals surface area contributed by atoms with E-state index in [9.17, 15) is 0 Å². The normalized spacial score (nSPS) is 14.0. The summed E-state index contributed by atoms with van der Waals surface area (Å²) in [5.41, 5.74) is 8.88. The SMILES string of the molecule is CN(Cc1cc(Br)cs1)Cc1cc(N)cc2c1OCOC2. The van der Waals surface area contributed by atoms with Gasteiger partial charge >= 0.3 is 0 Å². The first-order valence-electron chi connectivity index (χ1n) is 6.65. The number of nitrogens with zero attached hydrogens (tertiary/aromatic N) is 1. The van der Waals surface area contributed by atoms with Gasteiger partial charge in [-0.25, -0.2) is 0 Å². The number of fused-ring (bicyclic) bond motifs is 1. The number of anilines is 1. The van der Waals surface area contributed by atoms with Gasteiger partial charge in [-0.15, -0.1) is 11.3 Å². The lowest BCUT2D eigenvalue weighted by Crippen LogP contribution is -2.20. The molecule has 21 heavy (non-hydrogen) atoms. The van der Waals surface area contributed by atoms with Crippen LogP contribution in [0.1, 0.15) is 16.0 Å². The third-order valence-corrected chi connectivity index (χ3v) is 4.98. The van der Waals surface area contributed by atoms with E-state index in [0.29, 0.717) is 13.4 Å². The van der Waals surface area contributed by atoms with Gasteiger partial charge in [-0.2, -0.15) is 0 Å². The molecule has 6 heteroatoms. The Hall–Kier alpha value is -1.08. The number of hydrogen-bond donors (Lipinski definition) is 1. The van der Waals surface area contributed by atoms with Crippen molar-refractivity contribution < 1.29 is 9.47 Å². The van der Waals surface area contributed by atoms with Crippen LogP contribution in [0.5, 0.6) is 5.75 Å². The van der Waals surface area contributed by atoms with Crippen molar-refractivity contribution in [2.24, 2.45) is 0 Å². The van der Waals surface area contributed by atoms with Crippen molar-refractivity contribution >= 4 is 33.0 Å². The molecule has 1 aliphatic rings. The van der Waals surface area contributed by atoms with Crippen LogP contribution >= 0.6 is 27.3 Å². The molecular formula is C15H17BrN2O2S. The third-order valence-electron chi connectivity index (χ3n) is 3.30. The average molecular weight is 369 g/mol. The van der Waals surface area contributed by atoms with Crippen LogP contribution in [0.15, 0.2) is 28.1 Å². The summed E-state index contributed by atoms with van der Waals surface area (Å²) in [5, 5.41) is 2.10. The Balaban J connectivity index is 1.76. The topological polar surface area (TPSA) is 47.7 Å². The van der Waals surface area contributed by atoms with Crippen LogP contribution in [0, 0.1) is 0 Å². The lowest BCUT2D eigenvalue weighted by Gasteiger charge is -2.24. The van der Waals surface area contributed by atoms with Crippen LogP contribution in [0.2, 0.25) is 0 Å². The highest BCUT2D eigenvalue weighted by atomic mass is 79.9. The smallest absolute Gasteiger partial charge is 0.189 e. The van der Waals surface area contributed by atoms with E-state index in [1.165, 1.54) is 4.88 Å². The average Bonchev–Trinajstić information content (AvgIpc) is 2.83. The van der Waals surface area contributed by atoms with E-state index in [-0.39, 0.29) is 0 Å². The molecule has 0 atom stereocenters. The fourth-order valence-electron chi connectivity index (χ4n) is 2.49. The molecule has 112 valence electrons. The second-order valence-electron chi connectivity index (χ2n) is 5.18. The maximum Gasteiger partial charge on any atom is 0.189 e. The van der Waals surface area contributed by atoms with Gasteiger partial charge in [-0.3, -0.25) is 4.90 Å². The van der Waals surface area contributed by atoms with Crippen LogP contribution in [0.3, 0.4) is 0 Å². The lowest BCUT2D eigenvalue weighted by molar-refractivity contribution is -0.0173. The van der Waals surface area contributed by atoms with E-state index < -0.39 is 0 Å². The number of nitrogens with two attached hydrogens (primary N) is 1. The summed E-state index contributed by atoms with van der Waals surface area (Å²) < 4.78 is 12.1. The summed E-state index contributed by atoms with van der Waals surface area (Å²) in [7, 11) is 2.10. The number of hydrogen-bond acceptors (Lipinski definition) is 5. The highest BCUT2D eigenvalue weighted by molar-refractivity contribution is 9.10. The minimum absolute atomic E-state index is 0.311. The van der Waals surface area contributed by atoms with E-state index in [1.54, 1.807) is 11.3 Å². The highest BCUT2D eigenvalue weighted by Crippen LogP contribution is 2.32. The molecule has 2 N–H and O–H groups in total. The molecule has 0 radical (unpaired) electrons. The standard InChI is InChI=1S/C15H17BrN2O2S/c1-18(6-14-4-12(16)8-21-14)5-10-2-13(17)3-11-7-19-9-20-15(10)11/h2-4,8H,5-7,9,17H2,1H3. The summed E-state index contributed by atoms with van der Waals surface area (Å²) in [6.45, 7) is 2.57. The zero-order valence-corrected chi connectivity index (χ0v) is 14.2. The summed E-state index contributed by atoms with van der Waals surface area (Å²) >= 11 is 5.25. The fourth-order valence-corrected chi connectivity index (χ4v) is 4.02. The summed E-state index contributed by atoms with van der Waals surface area (Å²) in [6.07, 6.45) is 0. The first-order valence-corrected chi connectivity index (χ1v) is 8.32. The van der Waals surface area contributed by atoms with Crippen molar-refractivity contribution in [3.05, 3.63) is 44.1 Å². The predicted molar refractivity (Wildman–Crippen MR) is 88.3 cm³/mol. The van der Waals surface area contributed by atoms with Crippen LogP contribution in [-0.4, -0.2) is 18.7 Å². The van der Waals surface area contributed by atoms with E-state index >= 15 is 0 Å². The van der Waals surface area contributed by atoms with Crippen molar-refractivity contribution in [1.29, 1.82) is 0 Å². The first kappa shape index (κ1) is 14.8. The van der Waals surface area contributed by atoms with E-state index in [1.807, 2.05) is 12.1 Å². The molecule has 1 aromatic heterocycles. The van der Waals surface area contributed by atoms with E-state index in [2.05, 4.69) is 39.3 Å². The largest absolute Gasteiger partial charge is 0.467 e. The Morgan fingerprint density at radius 2 is 2.19 bits per heavy atom. The Morgan fingerprint density at radius 1 is 1.33 bits per heavy atom. The van der Waals surface area contributed by atoms with Gasteiger partial charge in [-0.1, -0.05) is 0 Å². The van der Waals surface area contributed by atoms with Gasteiger partial charge in [0.2, 0.25) is 0 Å². The molecule has 0 saturated carbocycles. The number of thiophene rings is 1. The van der Waals surface area contributed by atoms with Crippen LogP contribution in [0.4, 0.5) is 5.69 Å². The molecule has 2 heterocycles. The predicted octanol–water partition coefficient (Wildman–Crippen LogP) is 3.59. The molecule has 1 aliphatic heterocycles. The Morgan fingerprint density at radius 3 is 2.95 bits per heavy atom. The lowest BCUT2D eigenvalue weighted by atomic mass is 10.1.